The van der Waals surface area contributed by atoms with E-state index in [0.29, 0.717) is 0 Å². The Morgan fingerprint density at radius 2 is 1.55 bits per heavy atom. The van der Waals surface area contributed by atoms with Gasteiger partial charge in [0.1, 0.15) is 0 Å². The second-order valence-corrected chi connectivity index (χ2v) is 10.9. The largest absolute Gasteiger partial charge is 0.339 e. The number of aryl methyl sites for hydroxylation is 1. The molecule has 2 amide bonds. The van der Waals surface area contributed by atoms with Crippen molar-refractivity contribution < 1.29 is 9.59 Å². The van der Waals surface area contributed by atoms with Gasteiger partial charge in [0.25, 0.3) is 5.91 Å². The van der Waals surface area contributed by atoms with Gasteiger partial charge >= 0.3 is 0 Å². The molecule has 4 rings (SSSR count). The lowest BCUT2D eigenvalue weighted by Gasteiger charge is -2.26. The molecular weight excluding hydrogens is 500 g/mol. The van der Waals surface area contributed by atoms with Crippen molar-refractivity contribution in [2.45, 2.75) is 78.7 Å². The van der Waals surface area contributed by atoms with E-state index in [-0.39, 0.29) is 11.8 Å². The molecule has 0 bridgehead atoms. The number of imidazole rings is 1. The number of carbonyl (C=O) groups excluding carboxylic acids is 2. The molecule has 1 aliphatic heterocycles. The SMILES string of the molecule is CCCCN(CCCC)C(=O)c1ccc2nc(Nc3ccc(NC(C)=O)cc3)n(CCCN3CCCCC3)c2c1. The average Bonchev–Trinajstić information content (AvgIpc) is 3.30. The number of piperidine rings is 1. The van der Waals surface area contributed by atoms with Crippen LogP contribution >= 0.6 is 0 Å². The van der Waals surface area contributed by atoms with E-state index in [1.807, 2.05) is 47.4 Å². The van der Waals surface area contributed by atoms with Gasteiger partial charge in [-0.15, -0.1) is 0 Å². The zero-order valence-corrected chi connectivity index (χ0v) is 24.5. The van der Waals surface area contributed by atoms with Gasteiger partial charge in [0.05, 0.1) is 11.0 Å². The third-order valence-corrected chi connectivity index (χ3v) is 7.61. The minimum absolute atomic E-state index is 0.0930. The molecule has 8 nitrogen and oxygen atoms in total. The molecule has 0 saturated carbocycles. The Hall–Kier alpha value is -3.39. The van der Waals surface area contributed by atoms with Crippen molar-refractivity contribution in [1.29, 1.82) is 0 Å². The number of likely N-dealkylation sites (tertiary alicyclic amines) is 1. The van der Waals surface area contributed by atoms with Crippen LogP contribution in [0.25, 0.3) is 11.0 Å². The topological polar surface area (TPSA) is 82.5 Å². The van der Waals surface area contributed by atoms with E-state index in [4.69, 9.17) is 4.98 Å². The minimum atomic E-state index is -0.0930. The first-order chi connectivity index (χ1) is 19.5. The van der Waals surface area contributed by atoms with Crippen molar-refractivity contribution in [1.82, 2.24) is 19.4 Å². The van der Waals surface area contributed by atoms with E-state index in [0.717, 1.165) is 92.2 Å². The molecule has 1 aromatic heterocycles. The number of nitrogens with one attached hydrogen (secondary N) is 2. The van der Waals surface area contributed by atoms with Crippen LogP contribution in [-0.2, 0) is 11.3 Å². The third kappa shape index (κ3) is 8.07. The summed E-state index contributed by atoms with van der Waals surface area (Å²) < 4.78 is 2.22. The fourth-order valence-corrected chi connectivity index (χ4v) is 5.38. The van der Waals surface area contributed by atoms with Crippen molar-refractivity contribution in [2.24, 2.45) is 0 Å². The van der Waals surface area contributed by atoms with Crippen LogP contribution in [0.5, 0.6) is 0 Å². The van der Waals surface area contributed by atoms with E-state index >= 15 is 0 Å². The van der Waals surface area contributed by atoms with Crippen molar-refractivity contribution in [2.75, 3.05) is 43.4 Å². The Balaban J connectivity index is 1.60. The molecule has 8 heteroatoms. The van der Waals surface area contributed by atoms with E-state index in [2.05, 4.69) is 33.9 Å². The van der Waals surface area contributed by atoms with Crippen LogP contribution in [0.4, 0.5) is 17.3 Å². The summed E-state index contributed by atoms with van der Waals surface area (Å²) in [6.45, 7) is 11.7. The number of benzene rings is 2. The Morgan fingerprint density at radius 3 is 2.20 bits per heavy atom. The van der Waals surface area contributed by atoms with Gasteiger partial charge in [-0.25, -0.2) is 4.98 Å². The second-order valence-electron chi connectivity index (χ2n) is 10.9. The van der Waals surface area contributed by atoms with E-state index in [1.54, 1.807) is 0 Å². The third-order valence-electron chi connectivity index (χ3n) is 7.61. The molecule has 1 saturated heterocycles. The number of rotatable bonds is 14. The number of hydrogen-bond acceptors (Lipinski definition) is 5. The molecule has 0 unspecified atom stereocenters. The fourth-order valence-electron chi connectivity index (χ4n) is 5.38. The highest BCUT2D eigenvalue weighted by atomic mass is 16.2. The first kappa shape index (κ1) is 29.6. The summed E-state index contributed by atoms with van der Waals surface area (Å²) in [6.07, 6.45) is 9.09. The molecule has 0 aliphatic carbocycles. The zero-order valence-electron chi connectivity index (χ0n) is 24.5. The van der Waals surface area contributed by atoms with E-state index in [9.17, 15) is 9.59 Å². The number of anilines is 3. The van der Waals surface area contributed by atoms with Gasteiger partial charge in [-0.3, -0.25) is 9.59 Å². The molecule has 0 atom stereocenters. The number of hydrogen-bond donors (Lipinski definition) is 2. The molecule has 1 aliphatic rings. The predicted molar refractivity (Wildman–Crippen MR) is 164 cm³/mol. The maximum atomic E-state index is 13.6. The maximum absolute atomic E-state index is 13.6. The summed E-state index contributed by atoms with van der Waals surface area (Å²) in [5, 5.41) is 6.30. The van der Waals surface area contributed by atoms with Gasteiger partial charge in [0.15, 0.2) is 0 Å². The van der Waals surface area contributed by atoms with Crippen molar-refractivity contribution >= 4 is 40.2 Å². The van der Waals surface area contributed by atoms with E-state index < -0.39 is 0 Å². The number of carbonyl (C=O) groups is 2. The maximum Gasteiger partial charge on any atom is 0.253 e. The molecule has 2 heterocycles. The highest BCUT2D eigenvalue weighted by molar-refractivity contribution is 5.98. The lowest BCUT2D eigenvalue weighted by Crippen LogP contribution is -2.33. The molecule has 0 radical (unpaired) electrons. The van der Waals surface area contributed by atoms with Crippen molar-refractivity contribution in [3.8, 4) is 0 Å². The first-order valence-corrected chi connectivity index (χ1v) is 15.1. The molecule has 0 spiro atoms. The zero-order chi connectivity index (χ0) is 28.3. The van der Waals surface area contributed by atoms with Crippen molar-refractivity contribution in [3.63, 3.8) is 0 Å². The van der Waals surface area contributed by atoms with Crippen LogP contribution in [0, 0.1) is 0 Å². The van der Waals surface area contributed by atoms with Crippen LogP contribution in [0.3, 0.4) is 0 Å². The summed E-state index contributed by atoms with van der Waals surface area (Å²) in [4.78, 5) is 34.5. The normalized spacial score (nSPS) is 13.9. The van der Waals surface area contributed by atoms with Crippen LogP contribution in [0.1, 0.15) is 82.5 Å². The summed E-state index contributed by atoms with van der Waals surface area (Å²) >= 11 is 0. The quantitative estimate of drug-likeness (QED) is 0.236. The van der Waals surface area contributed by atoms with Crippen LogP contribution in [-0.4, -0.2) is 63.9 Å². The van der Waals surface area contributed by atoms with Gasteiger partial charge in [-0.05, 0) is 94.2 Å². The van der Waals surface area contributed by atoms with Gasteiger partial charge in [-0.1, -0.05) is 33.1 Å². The number of unbranched alkanes of at least 4 members (excludes halogenated alkanes) is 2. The van der Waals surface area contributed by atoms with Gasteiger partial charge in [-0.2, -0.15) is 0 Å². The first-order valence-electron chi connectivity index (χ1n) is 15.1. The highest BCUT2D eigenvalue weighted by Gasteiger charge is 2.19. The Bertz CT molecular complexity index is 1240. The van der Waals surface area contributed by atoms with Gasteiger partial charge < -0.3 is 25.0 Å². The molecule has 216 valence electrons. The van der Waals surface area contributed by atoms with Crippen LogP contribution in [0.15, 0.2) is 42.5 Å². The molecule has 1 fully saturated rings. The van der Waals surface area contributed by atoms with Crippen molar-refractivity contribution in [3.05, 3.63) is 48.0 Å². The van der Waals surface area contributed by atoms with Crippen LogP contribution in [0.2, 0.25) is 0 Å². The Morgan fingerprint density at radius 1 is 0.875 bits per heavy atom. The predicted octanol–water partition coefficient (Wildman–Crippen LogP) is 6.66. The lowest BCUT2D eigenvalue weighted by molar-refractivity contribution is -0.114. The molecule has 2 N–H and O–H groups in total. The minimum Gasteiger partial charge on any atom is -0.339 e. The van der Waals surface area contributed by atoms with Gasteiger partial charge in [0, 0.05) is 43.5 Å². The number of aromatic nitrogens is 2. The molecular formula is C32H46N6O2. The average molecular weight is 547 g/mol. The fraction of sp³-hybridized carbons (Fsp3) is 0.531. The summed E-state index contributed by atoms with van der Waals surface area (Å²) in [5.74, 6) is 0.775. The molecule has 3 aromatic rings. The van der Waals surface area contributed by atoms with Crippen LogP contribution < -0.4 is 10.6 Å². The summed E-state index contributed by atoms with van der Waals surface area (Å²) in [6, 6.07) is 13.6. The monoisotopic (exact) mass is 546 g/mol. The molecule has 40 heavy (non-hydrogen) atoms. The summed E-state index contributed by atoms with van der Waals surface area (Å²) in [7, 11) is 0. The smallest absolute Gasteiger partial charge is 0.253 e. The standard InChI is InChI=1S/C32H46N6O2/c1-4-6-21-37(22-7-5-2)31(40)26-12-17-29-30(24-26)38(23-11-20-36-18-9-8-10-19-36)32(35-29)34-28-15-13-27(14-16-28)33-25(3)39/h12-17,24H,4-11,18-23H2,1-3H3,(H,33,39)(H,34,35). The molecule has 2 aromatic carbocycles. The summed E-state index contributed by atoms with van der Waals surface area (Å²) in [5.41, 5.74) is 4.23. The Kier molecular flexibility index (Phi) is 11.0. The second kappa shape index (κ2) is 14.8. The lowest BCUT2D eigenvalue weighted by atomic mass is 10.1. The highest BCUT2D eigenvalue weighted by Crippen LogP contribution is 2.26. The van der Waals surface area contributed by atoms with E-state index in [1.165, 1.54) is 39.3 Å². The number of fused-ring (bicyclic) bond motifs is 1. The van der Waals surface area contributed by atoms with Gasteiger partial charge in [0.2, 0.25) is 11.9 Å². The number of nitrogens with zero attached hydrogens (tertiary/aromatic N) is 4. The number of amides is 2. The Labute approximate surface area is 239 Å².